The molecule has 0 spiro atoms. The zero-order valence-electron chi connectivity index (χ0n) is 33.4. The van der Waals surface area contributed by atoms with Gasteiger partial charge in [-0.05, 0) is 70.8 Å². The third kappa shape index (κ3) is 7.77. The number of imidazole rings is 2. The van der Waals surface area contributed by atoms with Crippen molar-refractivity contribution in [3.63, 3.8) is 0 Å². The highest BCUT2D eigenvalue weighted by Crippen LogP contribution is 2.36. The number of H-pyrrole nitrogens is 2. The van der Waals surface area contributed by atoms with Crippen LogP contribution in [0.25, 0.3) is 44.4 Å². The number of aromatic nitrogens is 4. The molecule has 2 fully saturated rings. The fraction of sp³-hybridized carbons (Fsp3) is 0.326. The normalized spacial score (nSPS) is 17.9. The number of likely N-dealkylation sites (tertiary alicyclic amines) is 2. The number of nitrogens with one attached hydrogen (secondary N) is 2. The molecule has 0 radical (unpaired) electrons. The number of quaternary nitrogens is 1. The van der Waals surface area contributed by atoms with Crippen molar-refractivity contribution in [1.82, 2.24) is 29.7 Å². The molecular weight excluding hydrogens is 731 g/mol. The van der Waals surface area contributed by atoms with E-state index in [9.17, 15) is 14.4 Å². The van der Waals surface area contributed by atoms with E-state index in [4.69, 9.17) is 19.4 Å². The van der Waals surface area contributed by atoms with Crippen LogP contribution in [-0.2, 0) is 19.1 Å². The van der Waals surface area contributed by atoms with E-state index in [1.165, 1.54) is 12.4 Å². The minimum atomic E-state index is -0.650. The smallest absolute Gasteiger partial charge is 0.423 e. The van der Waals surface area contributed by atoms with Gasteiger partial charge >= 0.3 is 6.09 Å². The number of rotatable bonds is 11. The first-order chi connectivity index (χ1) is 28.2. The van der Waals surface area contributed by atoms with Crippen LogP contribution in [0.2, 0.25) is 0 Å². The lowest BCUT2D eigenvalue weighted by atomic mass is 9.98. The molecule has 0 saturated carbocycles. The number of benzene rings is 4. The van der Waals surface area contributed by atoms with E-state index in [1.54, 1.807) is 7.11 Å². The van der Waals surface area contributed by atoms with Gasteiger partial charge in [0, 0.05) is 31.7 Å². The van der Waals surface area contributed by atoms with E-state index in [0.29, 0.717) is 13.1 Å². The molecule has 4 aromatic carbocycles. The van der Waals surface area contributed by atoms with E-state index >= 15 is 0 Å². The van der Waals surface area contributed by atoms with Crippen molar-refractivity contribution >= 4 is 28.7 Å². The van der Waals surface area contributed by atoms with Gasteiger partial charge in [0.05, 0.1) is 43.0 Å². The van der Waals surface area contributed by atoms with Crippen LogP contribution in [0.3, 0.4) is 0 Å². The van der Waals surface area contributed by atoms with Crippen molar-refractivity contribution in [3.05, 3.63) is 121 Å². The van der Waals surface area contributed by atoms with Crippen LogP contribution in [0.5, 0.6) is 0 Å². The molecule has 8 rings (SSSR count). The zero-order valence-corrected chi connectivity index (χ0v) is 33.4. The Morgan fingerprint density at radius 2 is 1.22 bits per heavy atom. The predicted octanol–water partition coefficient (Wildman–Crippen LogP) is 7.36. The Balaban J connectivity index is 0.941. The zero-order chi connectivity index (χ0) is 40.3. The van der Waals surface area contributed by atoms with E-state index in [2.05, 4.69) is 70.6 Å². The third-order valence-corrected chi connectivity index (χ3v) is 11.7. The summed E-state index contributed by atoms with van der Waals surface area (Å²) in [4.78, 5) is 59.5. The molecule has 3 amide bonds. The number of ether oxygens (including phenoxy) is 2. The van der Waals surface area contributed by atoms with Gasteiger partial charge in [-0.15, -0.1) is 0 Å². The van der Waals surface area contributed by atoms with Gasteiger partial charge < -0.3 is 29.2 Å². The highest BCUT2D eigenvalue weighted by Gasteiger charge is 2.40. The van der Waals surface area contributed by atoms with Gasteiger partial charge in [-0.25, -0.2) is 15.3 Å². The molecule has 298 valence electrons. The first kappa shape index (κ1) is 38.7. The van der Waals surface area contributed by atoms with Crippen LogP contribution in [0.15, 0.2) is 103 Å². The maximum atomic E-state index is 13.6. The van der Waals surface area contributed by atoms with Crippen molar-refractivity contribution in [2.24, 2.45) is 5.92 Å². The molecule has 12 heteroatoms. The summed E-state index contributed by atoms with van der Waals surface area (Å²) in [5.74, 6) is 1.37. The van der Waals surface area contributed by atoms with Crippen LogP contribution in [-0.4, -0.2) is 81.0 Å². The number of nitrogens with zero attached hydrogens (tertiary/aromatic N) is 4. The van der Waals surface area contributed by atoms with Gasteiger partial charge in [0.25, 0.3) is 11.8 Å². The number of carbonyl (C=O) groups is 3. The molecule has 2 aliphatic heterocycles. The Bertz CT molecular complexity index is 2410. The van der Waals surface area contributed by atoms with E-state index in [0.717, 1.165) is 87.3 Å². The molecule has 4 N–H and O–H groups in total. The third-order valence-electron chi connectivity index (χ3n) is 11.7. The summed E-state index contributed by atoms with van der Waals surface area (Å²) in [6.07, 6.45) is 5.97. The van der Waals surface area contributed by atoms with Gasteiger partial charge in [-0.3, -0.25) is 9.59 Å². The topological polar surface area (TPSA) is 150 Å². The number of primary amides is 1. The molecule has 6 aromatic rings. The van der Waals surface area contributed by atoms with Crippen LogP contribution in [0.4, 0.5) is 4.79 Å². The SMILES string of the molecule is COC(=O)[NH2+]C(C(=O)N1CCCC1c1ncc(-c2ccc3cc(-c4ccc(-c5cnc(C6CCCN6C(=O)C(OC)c6ccccc6)[nH]5)cc4)ccc3c2)[nH]1)C(C)C. The maximum absolute atomic E-state index is 13.6. The van der Waals surface area contributed by atoms with Crippen molar-refractivity contribution in [1.29, 1.82) is 0 Å². The molecule has 4 atom stereocenters. The summed E-state index contributed by atoms with van der Waals surface area (Å²) in [6, 6.07) is 30.1. The van der Waals surface area contributed by atoms with Crippen LogP contribution in [0.1, 0.15) is 74.9 Å². The summed E-state index contributed by atoms with van der Waals surface area (Å²) in [7, 11) is 2.91. The highest BCUT2D eigenvalue weighted by atomic mass is 16.5. The quantitative estimate of drug-likeness (QED) is 0.124. The Kier molecular flexibility index (Phi) is 11.2. The first-order valence-electron chi connectivity index (χ1n) is 20.1. The summed E-state index contributed by atoms with van der Waals surface area (Å²) in [6.45, 7) is 5.17. The Morgan fingerprint density at radius 3 is 1.81 bits per heavy atom. The first-order valence-corrected chi connectivity index (χ1v) is 20.1. The highest BCUT2D eigenvalue weighted by molar-refractivity contribution is 5.91. The van der Waals surface area contributed by atoms with E-state index < -0.39 is 18.2 Å². The van der Waals surface area contributed by atoms with Gasteiger partial charge in [0.15, 0.2) is 12.1 Å². The Hall–Kier alpha value is -6.11. The average molecular weight is 781 g/mol. The second-order valence-corrected chi connectivity index (χ2v) is 15.6. The van der Waals surface area contributed by atoms with Crippen molar-refractivity contribution in [2.75, 3.05) is 27.3 Å². The molecule has 58 heavy (non-hydrogen) atoms. The number of carbonyl (C=O) groups excluding carboxylic acids is 3. The number of fused-ring (bicyclic) bond motifs is 1. The fourth-order valence-corrected chi connectivity index (χ4v) is 8.48. The molecule has 2 saturated heterocycles. The molecule has 2 aromatic heterocycles. The van der Waals surface area contributed by atoms with Gasteiger partial charge in [0.1, 0.15) is 11.6 Å². The van der Waals surface area contributed by atoms with E-state index in [-0.39, 0.29) is 29.8 Å². The maximum Gasteiger partial charge on any atom is 0.513 e. The fourth-order valence-electron chi connectivity index (χ4n) is 8.48. The minimum absolute atomic E-state index is 0.0436. The summed E-state index contributed by atoms with van der Waals surface area (Å²) < 4.78 is 10.5. The summed E-state index contributed by atoms with van der Waals surface area (Å²) in [5, 5.41) is 3.62. The number of nitrogens with two attached hydrogens (primary N) is 1. The molecule has 2 aliphatic rings. The molecular formula is C46H50N7O5+. The number of hydrogen-bond acceptors (Lipinski definition) is 7. The monoisotopic (exact) mass is 780 g/mol. The minimum Gasteiger partial charge on any atom is -0.423 e. The molecule has 4 heterocycles. The molecule has 0 bridgehead atoms. The van der Waals surface area contributed by atoms with Crippen molar-refractivity contribution in [2.45, 2.75) is 63.8 Å². The Labute approximate surface area is 338 Å². The van der Waals surface area contributed by atoms with Gasteiger partial charge in [0.2, 0.25) is 0 Å². The summed E-state index contributed by atoms with van der Waals surface area (Å²) >= 11 is 0. The standard InChI is InChI=1S/C46H49N7O5/c1-28(2)40(51-46(56)58-4)44(54)52-22-8-12-38(52)42-48-27-37(50-42)35-21-20-33-24-32(18-19-34(33)25-35)29-14-16-30(17-15-29)36-26-47-43(49-36)39-13-9-23-53(39)45(55)41(57-3)31-10-6-5-7-11-31/h5-7,10-11,14-21,24-28,38-41H,8-9,12-13,22-23H2,1-4H3,(H,47,49)(H,48,50)(H,51,56)/p+1. The number of amides is 3. The second kappa shape index (κ2) is 16.8. The van der Waals surface area contributed by atoms with Crippen molar-refractivity contribution < 1.29 is 29.2 Å². The number of aromatic amines is 2. The lowest BCUT2D eigenvalue weighted by Gasteiger charge is -2.27. The lowest BCUT2D eigenvalue weighted by molar-refractivity contribution is -0.601. The van der Waals surface area contributed by atoms with Crippen LogP contribution >= 0.6 is 0 Å². The predicted molar refractivity (Wildman–Crippen MR) is 221 cm³/mol. The summed E-state index contributed by atoms with van der Waals surface area (Å²) in [5.41, 5.74) is 6.89. The van der Waals surface area contributed by atoms with Gasteiger partial charge in [-0.1, -0.05) is 92.7 Å². The van der Waals surface area contributed by atoms with Crippen LogP contribution in [0, 0.1) is 5.92 Å². The Morgan fingerprint density at radius 1 is 0.690 bits per heavy atom. The largest absolute Gasteiger partial charge is 0.513 e. The second-order valence-electron chi connectivity index (χ2n) is 15.6. The molecule has 12 nitrogen and oxygen atoms in total. The number of hydrogen-bond donors (Lipinski definition) is 3. The van der Waals surface area contributed by atoms with Crippen LogP contribution < -0.4 is 5.32 Å². The van der Waals surface area contributed by atoms with Crippen molar-refractivity contribution in [3.8, 4) is 33.6 Å². The average Bonchev–Trinajstić information content (AvgIpc) is 4.10. The lowest BCUT2D eigenvalue weighted by Crippen LogP contribution is -2.96. The molecule has 4 unspecified atom stereocenters. The van der Waals surface area contributed by atoms with Gasteiger partial charge in [-0.2, -0.15) is 4.79 Å². The molecule has 0 aliphatic carbocycles. The van der Waals surface area contributed by atoms with E-state index in [1.807, 2.05) is 66.4 Å². The number of methoxy groups -OCH3 is 2.